The van der Waals surface area contributed by atoms with Gasteiger partial charge in [0.05, 0.1) is 0 Å². The summed E-state index contributed by atoms with van der Waals surface area (Å²) in [7, 11) is 0. The molecule has 1 aromatic heterocycles. The Morgan fingerprint density at radius 2 is 1.84 bits per heavy atom. The van der Waals surface area contributed by atoms with Gasteiger partial charge in [0.2, 0.25) is 0 Å². The van der Waals surface area contributed by atoms with Gasteiger partial charge in [-0.05, 0) is 43.0 Å². The molecule has 0 saturated carbocycles. The van der Waals surface area contributed by atoms with Gasteiger partial charge in [-0.15, -0.1) is 11.3 Å². The van der Waals surface area contributed by atoms with E-state index in [2.05, 4.69) is 19.1 Å². The molecule has 0 amide bonds. The van der Waals surface area contributed by atoms with Gasteiger partial charge in [-0.1, -0.05) is 13.0 Å². The van der Waals surface area contributed by atoms with Crippen molar-refractivity contribution in [2.75, 3.05) is 0 Å². The lowest BCUT2D eigenvalue weighted by Gasteiger charge is -2.11. The van der Waals surface area contributed by atoms with Gasteiger partial charge in [0.25, 0.3) is 0 Å². The second kappa shape index (κ2) is 6.26. The molecular weight excluding hydrogens is 264 g/mol. The number of thiophene rings is 1. The van der Waals surface area contributed by atoms with Crippen LogP contribution in [0.1, 0.15) is 22.2 Å². The van der Waals surface area contributed by atoms with E-state index in [1.807, 2.05) is 0 Å². The van der Waals surface area contributed by atoms with Crippen molar-refractivity contribution in [1.82, 2.24) is 0 Å². The third kappa shape index (κ3) is 3.85. The molecule has 1 unspecified atom stereocenters. The van der Waals surface area contributed by atoms with Crippen molar-refractivity contribution in [3.05, 3.63) is 57.3 Å². The molecule has 2 aromatic rings. The predicted octanol–water partition coefficient (Wildman–Crippen LogP) is 3.70. The molecule has 0 bridgehead atoms. The van der Waals surface area contributed by atoms with Crippen molar-refractivity contribution in [1.29, 1.82) is 0 Å². The van der Waals surface area contributed by atoms with E-state index in [0.29, 0.717) is 12.0 Å². The second-order valence-corrected chi connectivity index (χ2v) is 5.88. The van der Waals surface area contributed by atoms with Crippen molar-refractivity contribution in [3.8, 4) is 0 Å². The van der Waals surface area contributed by atoms with Crippen LogP contribution in [0.15, 0.2) is 30.3 Å². The summed E-state index contributed by atoms with van der Waals surface area (Å²) in [6, 6.07) is 7.67. The second-order valence-electron chi connectivity index (χ2n) is 4.63. The normalized spacial score (nSPS) is 12.6. The van der Waals surface area contributed by atoms with Crippen LogP contribution in [0.5, 0.6) is 0 Å². The first-order valence-electron chi connectivity index (χ1n) is 6.35. The average Bonchev–Trinajstić information content (AvgIpc) is 2.80. The molecular formula is C15H17F2NS. The number of hydrogen-bond acceptors (Lipinski definition) is 2. The Morgan fingerprint density at radius 1 is 1.11 bits per heavy atom. The van der Waals surface area contributed by atoms with Crippen LogP contribution in [0, 0.1) is 11.6 Å². The fourth-order valence-electron chi connectivity index (χ4n) is 2.02. The minimum atomic E-state index is -0.555. The van der Waals surface area contributed by atoms with Crippen LogP contribution >= 0.6 is 11.3 Å². The third-order valence-corrected chi connectivity index (χ3v) is 4.28. The molecule has 19 heavy (non-hydrogen) atoms. The molecule has 1 heterocycles. The molecule has 0 spiro atoms. The Morgan fingerprint density at radius 3 is 2.47 bits per heavy atom. The monoisotopic (exact) mass is 281 g/mol. The van der Waals surface area contributed by atoms with E-state index < -0.39 is 11.6 Å². The number of aryl methyl sites for hydroxylation is 1. The third-order valence-electron chi connectivity index (χ3n) is 3.03. The van der Waals surface area contributed by atoms with Crippen LogP contribution < -0.4 is 5.73 Å². The topological polar surface area (TPSA) is 26.0 Å². The Kier molecular flexibility index (Phi) is 4.66. The molecule has 1 atom stereocenters. The zero-order valence-corrected chi connectivity index (χ0v) is 11.6. The lowest BCUT2D eigenvalue weighted by molar-refractivity contribution is 0.559. The summed E-state index contributed by atoms with van der Waals surface area (Å²) in [6.07, 6.45) is 2.17. The maximum absolute atomic E-state index is 13.5. The first kappa shape index (κ1) is 14.2. The molecule has 0 aliphatic carbocycles. The molecule has 2 N–H and O–H groups in total. The van der Waals surface area contributed by atoms with E-state index in [1.165, 1.54) is 21.9 Å². The van der Waals surface area contributed by atoms with E-state index in [0.717, 1.165) is 18.9 Å². The Hall–Kier alpha value is -1.26. The molecule has 2 rings (SSSR count). The van der Waals surface area contributed by atoms with Gasteiger partial charge in [0.1, 0.15) is 11.6 Å². The summed E-state index contributed by atoms with van der Waals surface area (Å²) in [5.41, 5.74) is 6.51. The summed E-state index contributed by atoms with van der Waals surface area (Å²) in [5, 5.41) is 0. The quantitative estimate of drug-likeness (QED) is 0.888. The van der Waals surface area contributed by atoms with Gasteiger partial charge in [-0.2, -0.15) is 0 Å². The standard InChI is InChI=1S/C15H17F2NS/c1-2-13-5-6-14(19-13)9-12(18)7-10-3-4-11(16)8-15(10)17/h3-6,8,12H,2,7,9,18H2,1H3. The molecule has 1 nitrogen and oxygen atoms in total. The van der Waals surface area contributed by atoms with Crippen LogP contribution in [0.4, 0.5) is 8.78 Å². The molecule has 0 radical (unpaired) electrons. The van der Waals surface area contributed by atoms with E-state index in [1.54, 1.807) is 11.3 Å². The van der Waals surface area contributed by atoms with Crippen LogP contribution in [0.25, 0.3) is 0 Å². The molecule has 0 saturated heterocycles. The van der Waals surface area contributed by atoms with E-state index in [-0.39, 0.29) is 6.04 Å². The minimum Gasteiger partial charge on any atom is -0.327 e. The highest BCUT2D eigenvalue weighted by Gasteiger charge is 2.11. The molecule has 0 aliphatic rings. The fourth-order valence-corrected chi connectivity index (χ4v) is 3.07. The zero-order valence-electron chi connectivity index (χ0n) is 10.8. The van der Waals surface area contributed by atoms with Gasteiger partial charge in [0.15, 0.2) is 0 Å². The number of benzene rings is 1. The summed E-state index contributed by atoms with van der Waals surface area (Å²) in [6.45, 7) is 2.11. The molecule has 0 fully saturated rings. The van der Waals surface area contributed by atoms with Crippen molar-refractivity contribution in [2.24, 2.45) is 5.73 Å². The zero-order chi connectivity index (χ0) is 13.8. The summed E-state index contributed by atoms with van der Waals surface area (Å²) >= 11 is 1.74. The molecule has 102 valence electrons. The maximum atomic E-state index is 13.5. The highest BCUT2D eigenvalue weighted by atomic mass is 32.1. The highest BCUT2D eigenvalue weighted by molar-refractivity contribution is 7.11. The summed E-state index contributed by atoms with van der Waals surface area (Å²) < 4.78 is 26.3. The molecule has 0 aliphatic heterocycles. The fraction of sp³-hybridized carbons (Fsp3) is 0.333. The maximum Gasteiger partial charge on any atom is 0.129 e. The van der Waals surface area contributed by atoms with Crippen molar-refractivity contribution in [3.63, 3.8) is 0 Å². The van der Waals surface area contributed by atoms with Gasteiger partial charge < -0.3 is 5.73 Å². The van der Waals surface area contributed by atoms with Crippen molar-refractivity contribution >= 4 is 11.3 Å². The van der Waals surface area contributed by atoms with E-state index in [4.69, 9.17) is 5.73 Å². The van der Waals surface area contributed by atoms with Crippen LogP contribution in [-0.2, 0) is 19.3 Å². The van der Waals surface area contributed by atoms with Crippen molar-refractivity contribution in [2.45, 2.75) is 32.2 Å². The van der Waals surface area contributed by atoms with Crippen LogP contribution in [0.3, 0.4) is 0 Å². The van der Waals surface area contributed by atoms with E-state index >= 15 is 0 Å². The van der Waals surface area contributed by atoms with Gasteiger partial charge >= 0.3 is 0 Å². The Labute approximate surface area is 116 Å². The van der Waals surface area contributed by atoms with Gasteiger partial charge in [-0.25, -0.2) is 8.78 Å². The van der Waals surface area contributed by atoms with Crippen molar-refractivity contribution < 1.29 is 8.78 Å². The average molecular weight is 281 g/mol. The lowest BCUT2D eigenvalue weighted by atomic mass is 10.0. The van der Waals surface area contributed by atoms with Gasteiger partial charge in [-0.3, -0.25) is 0 Å². The smallest absolute Gasteiger partial charge is 0.129 e. The van der Waals surface area contributed by atoms with Gasteiger partial charge in [0, 0.05) is 21.9 Å². The first-order valence-corrected chi connectivity index (χ1v) is 7.17. The minimum absolute atomic E-state index is 0.150. The number of halogens is 2. The highest BCUT2D eigenvalue weighted by Crippen LogP contribution is 2.19. The van der Waals surface area contributed by atoms with E-state index in [9.17, 15) is 8.78 Å². The summed E-state index contributed by atoms with van der Waals surface area (Å²) in [5.74, 6) is -1.07. The SMILES string of the molecule is CCc1ccc(CC(N)Cc2ccc(F)cc2F)s1. The van der Waals surface area contributed by atoms with Crippen LogP contribution in [-0.4, -0.2) is 6.04 Å². The first-order chi connectivity index (χ1) is 9.08. The number of nitrogens with two attached hydrogens (primary N) is 1. The largest absolute Gasteiger partial charge is 0.327 e. The lowest BCUT2D eigenvalue weighted by Crippen LogP contribution is -2.25. The number of rotatable bonds is 5. The molecule has 1 aromatic carbocycles. The predicted molar refractivity (Wildman–Crippen MR) is 75.4 cm³/mol. The molecule has 4 heteroatoms. The Bertz CT molecular complexity index is 551. The number of hydrogen-bond donors (Lipinski definition) is 1. The van der Waals surface area contributed by atoms with Crippen LogP contribution in [0.2, 0.25) is 0 Å². The Balaban J connectivity index is 1.98. The summed E-state index contributed by atoms with van der Waals surface area (Å²) in [4.78, 5) is 2.54.